The Hall–Kier alpha value is -3.14. The van der Waals surface area contributed by atoms with E-state index >= 15 is 0 Å². The third kappa shape index (κ3) is 2.76. The largest absolute Gasteiger partial charge is 0.507 e. The first-order chi connectivity index (χ1) is 12.1. The number of rotatable bonds is 3. The van der Waals surface area contributed by atoms with Gasteiger partial charge in [-0.1, -0.05) is 53.2 Å². The summed E-state index contributed by atoms with van der Waals surface area (Å²) in [6, 6.07) is 20.1. The van der Waals surface area contributed by atoms with Crippen LogP contribution in [-0.2, 0) is 6.42 Å². The van der Waals surface area contributed by atoms with Crippen LogP contribution in [0.1, 0.15) is 22.3 Å². The minimum Gasteiger partial charge on any atom is -0.507 e. The van der Waals surface area contributed by atoms with Gasteiger partial charge in [0.1, 0.15) is 11.3 Å². The molecule has 4 heteroatoms. The lowest BCUT2D eigenvalue weighted by Crippen LogP contribution is -2.03. The van der Waals surface area contributed by atoms with Gasteiger partial charge in [0.05, 0.1) is 11.2 Å². The second-order valence-corrected chi connectivity index (χ2v) is 6.38. The second kappa shape index (κ2) is 6.06. The van der Waals surface area contributed by atoms with Crippen molar-refractivity contribution >= 4 is 11.0 Å². The Kier molecular flexibility index (Phi) is 3.73. The highest BCUT2D eigenvalue weighted by atomic mass is 16.3. The zero-order valence-electron chi connectivity index (χ0n) is 14.3. The normalized spacial score (nSPS) is 11.1. The van der Waals surface area contributed by atoms with Crippen molar-refractivity contribution in [2.75, 3.05) is 0 Å². The van der Waals surface area contributed by atoms with Crippen LogP contribution in [0, 0.1) is 13.8 Å². The number of phenols is 1. The van der Waals surface area contributed by atoms with Crippen LogP contribution in [0.25, 0.3) is 16.7 Å². The Bertz CT molecular complexity index is 1070. The first-order valence-corrected chi connectivity index (χ1v) is 8.31. The summed E-state index contributed by atoms with van der Waals surface area (Å²) in [7, 11) is 0. The van der Waals surface area contributed by atoms with E-state index in [1.165, 1.54) is 0 Å². The van der Waals surface area contributed by atoms with Crippen LogP contribution in [0.5, 0.6) is 5.75 Å². The number of fused-ring (bicyclic) bond motifs is 1. The molecular formula is C21H19N3O. The van der Waals surface area contributed by atoms with Crippen LogP contribution in [0.2, 0.25) is 0 Å². The van der Waals surface area contributed by atoms with Crippen LogP contribution in [-0.4, -0.2) is 20.1 Å². The molecule has 0 amide bonds. The number of phenolic OH excluding ortho intramolecular Hbond substituents is 1. The van der Waals surface area contributed by atoms with Crippen molar-refractivity contribution in [2.45, 2.75) is 20.3 Å². The molecule has 4 rings (SSSR count). The van der Waals surface area contributed by atoms with Crippen LogP contribution in [0.4, 0.5) is 0 Å². The van der Waals surface area contributed by atoms with Gasteiger partial charge in [-0.3, -0.25) is 0 Å². The first-order valence-electron chi connectivity index (χ1n) is 8.31. The van der Waals surface area contributed by atoms with E-state index in [0.29, 0.717) is 12.2 Å². The van der Waals surface area contributed by atoms with Crippen LogP contribution >= 0.6 is 0 Å². The zero-order chi connectivity index (χ0) is 17.4. The molecule has 1 heterocycles. The molecule has 124 valence electrons. The van der Waals surface area contributed by atoms with Crippen molar-refractivity contribution in [2.24, 2.45) is 0 Å². The maximum Gasteiger partial charge on any atom is 0.122 e. The third-order valence-electron chi connectivity index (χ3n) is 4.48. The lowest BCUT2D eigenvalue weighted by Gasteiger charge is -2.13. The van der Waals surface area contributed by atoms with E-state index in [1.807, 2.05) is 73.1 Å². The summed E-state index contributed by atoms with van der Waals surface area (Å²) in [5.74, 6) is 0.365. The number of nitrogens with zero attached hydrogens (tertiary/aromatic N) is 3. The lowest BCUT2D eigenvalue weighted by molar-refractivity contribution is 0.465. The molecule has 0 spiro atoms. The molecule has 0 atom stereocenters. The van der Waals surface area contributed by atoms with Crippen LogP contribution in [0.15, 0.2) is 60.7 Å². The average Bonchev–Trinajstić information content (AvgIpc) is 3.04. The predicted molar refractivity (Wildman–Crippen MR) is 99.3 cm³/mol. The molecule has 4 nitrogen and oxygen atoms in total. The molecule has 0 bridgehead atoms. The molecule has 0 aliphatic rings. The van der Waals surface area contributed by atoms with Gasteiger partial charge < -0.3 is 5.11 Å². The van der Waals surface area contributed by atoms with E-state index in [-0.39, 0.29) is 0 Å². The molecule has 0 aliphatic heterocycles. The quantitative estimate of drug-likeness (QED) is 0.608. The number of aryl methyl sites for hydroxylation is 2. The van der Waals surface area contributed by atoms with Gasteiger partial charge in [0.15, 0.2) is 0 Å². The molecule has 0 fully saturated rings. The number of benzene rings is 3. The van der Waals surface area contributed by atoms with E-state index in [1.54, 1.807) is 0 Å². The Balaban J connectivity index is 1.83. The number of aromatic nitrogens is 3. The van der Waals surface area contributed by atoms with Crippen molar-refractivity contribution in [3.63, 3.8) is 0 Å². The van der Waals surface area contributed by atoms with Crippen molar-refractivity contribution in [3.05, 3.63) is 82.9 Å². The maximum absolute atomic E-state index is 10.4. The highest BCUT2D eigenvalue weighted by molar-refractivity contribution is 5.76. The molecule has 1 aromatic heterocycles. The standard InChI is InChI=1S/C21H19N3O/c1-14-11-15(2)21(25)17(12-14)13-16-7-3-5-9-19(16)24-20-10-6-4-8-18(20)22-23-24/h3-12,25H,13H2,1-2H3. The van der Waals surface area contributed by atoms with Gasteiger partial charge in [0, 0.05) is 6.42 Å². The number of hydrogen-bond donors (Lipinski definition) is 1. The molecular weight excluding hydrogens is 310 g/mol. The maximum atomic E-state index is 10.4. The van der Waals surface area contributed by atoms with Gasteiger partial charge >= 0.3 is 0 Å². The smallest absolute Gasteiger partial charge is 0.122 e. The van der Waals surface area contributed by atoms with Gasteiger partial charge in [0.2, 0.25) is 0 Å². The van der Waals surface area contributed by atoms with Gasteiger partial charge in [-0.05, 0) is 48.7 Å². The van der Waals surface area contributed by atoms with E-state index in [0.717, 1.165) is 39.0 Å². The van der Waals surface area contributed by atoms with Gasteiger partial charge in [-0.15, -0.1) is 5.10 Å². The van der Waals surface area contributed by atoms with E-state index < -0.39 is 0 Å². The van der Waals surface area contributed by atoms with Gasteiger partial charge in [-0.2, -0.15) is 0 Å². The Morgan fingerprint density at radius 2 is 1.68 bits per heavy atom. The summed E-state index contributed by atoms with van der Waals surface area (Å²) >= 11 is 0. The van der Waals surface area contributed by atoms with Crippen molar-refractivity contribution < 1.29 is 5.11 Å². The summed E-state index contributed by atoms with van der Waals surface area (Å²) in [6.07, 6.45) is 0.638. The monoisotopic (exact) mass is 329 g/mol. The summed E-state index contributed by atoms with van der Waals surface area (Å²) in [5.41, 5.74) is 6.89. The first kappa shape index (κ1) is 15.4. The molecule has 25 heavy (non-hydrogen) atoms. The molecule has 0 radical (unpaired) electrons. The topological polar surface area (TPSA) is 50.9 Å². The summed E-state index contributed by atoms with van der Waals surface area (Å²) in [5, 5.41) is 19.0. The lowest BCUT2D eigenvalue weighted by atomic mass is 9.98. The van der Waals surface area contributed by atoms with Crippen molar-refractivity contribution in [1.82, 2.24) is 15.0 Å². The fourth-order valence-corrected chi connectivity index (χ4v) is 3.30. The molecule has 0 aliphatic carbocycles. The molecule has 4 aromatic rings. The Morgan fingerprint density at radius 1 is 0.920 bits per heavy atom. The van der Waals surface area contributed by atoms with Crippen LogP contribution < -0.4 is 0 Å². The SMILES string of the molecule is Cc1cc(C)c(O)c(Cc2ccccc2-n2nnc3ccccc32)c1. The van der Waals surface area contributed by atoms with Crippen LogP contribution in [0.3, 0.4) is 0 Å². The van der Waals surface area contributed by atoms with Gasteiger partial charge in [0.25, 0.3) is 0 Å². The Labute approximate surface area is 146 Å². The Morgan fingerprint density at radius 3 is 2.56 bits per heavy atom. The fourth-order valence-electron chi connectivity index (χ4n) is 3.30. The third-order valence-corrected chi connectivity index (χ3v) is 4.48. The average molecular weight is 329 g/mol. The number of para-hydroxylation sites is 2. The highest BCUT2D eigenvalue weighted by Crippen LogP contribution is 2.28. The second-order valence-electron chi connectivity index (χ2n) is 6.38. The summed E-state index contributed by atoms with van der Waals surface area (Å²) < 4.78 is 1.87. The number of aromatic hydroxyl groups is 1. The van der Waals surface area contributed by atoms with E-state index in [2.05, 4.69) is 16.4 Å². The van der Waals surface area contributed by atoms with Crippen molar-refractivity contribution in [3.8, 4) is 11.4 Å². The molecule has 0 saturated heterocycles. The predicted octanol–water partition coefficient (Wildman–Crippen LogP) is 4.33. The number of hydrogen-bond acceptors (Lipinski definition) is 3. The molecule has 3 aromatic carbocycles. The van der Waals surface area contributed by atoms with Gasteiger partial charge in [-0.25, -0.2) is 4.68 Å². The molecule has 0 saturated carbocycles. The fraction of sp³-hybridized carbons (Fsp3) is 0.143. The van der Waals surface area contributed by atoms with Crippen molar-refractivity contribution in [1.29, 1.82) is 0 Å². The molecule has 0 unspecified atom stereocenters. The minimum absolute atomic E-state index is 0.365. The van der Waals surface area contributed by atoms with E-state index in [9.17, 15) is 5.11 Å². The highest BCUT2D eigenvalue weighted by Gasteiger charge is 2.13. The zero-order valence-corrected chi connectivity index (χ0v) is 14.3. The van der Waals surface area contributed by atoms with E-state index in [4.69, 9.17) is 0 Å². The summed E-state index contributed by atoms with van der Waals surface area (Å²) in [4.78, 5) is 0. The molecule has 1 N–H and O–H groups in total. The summed E-state index contributed by atoms with van der Waals surface area (Å²) in [6.45, 7) is 3.98. The minimum atomic E-state index is 0.365.